The van der Waals surface area contributed by atoms with Crippen molar-refractivity contribution in [2.75, 3.05) is 26.8 Å². The summed E-state index contributed by atoms with van der Waals surface area (Å²) in [6, 6.07) is 9.65. The van der Waals surface area contributed by atoms with Gasteiger partial charge < -0.3 is 19.0 Å². The SMILES string of the molecule is COCCN(CC(=O)N(Cc1ccc(F)cc1)Cc1ccco1)C(=O)C1CCCCC1. The van der Waals surface area contributed by atoms with E-state index in [9.17, 15) is 14.0 Å². The van der Waals surface area contributed by atoms with E-state index in [4.69, 9.17) is 9.15 Å². The zero-order valence-corrected chi connectivity index (χ0v) is 18.1. The Kier molecular flexibility index (Phi) is 8.64. The lowest BCUT2D eigenvalue weighted by atomic mass is 9.88. The van der Waals surface area contributed by atoms with Crippen LogP contribution in [0.2, 0.25) is 0 Å². The van der Waals surface area contributed by atoms with Crippen LogP contribution in [0.15, 0.2) is 47.1 Å². The molecule has 0 unspecified atom stereocenters. The molecule has 1 heterocycles. The highest BCUT2D eigenvalue weighted by Gasteiger charge is 2.28. The molecule has 31 heavy (non-hydrogen) atoms. The minimum Gasteiger partial charge on any atom is -0.467 e. The molecule has 0 spiro atoms. The molecular weight excluding hydrogens is 399 g/mol. The molecule has 2 aromatic rings. The minimum atomic E-state index is -0.323. The number of methoxy groups -OCH3 is 1. The maximum Gasteiger partial charge on any atom is 0.242 e. The summed E-state index contributed by atoms with van der Waals surface area (Å²) in [5, 5.41) is 0. The Labute approximate surface area is 183 Å². The maximum absolute atomic E-state index is 13.3. The minimum absolute atomic E-state index is 0.0133. The second kappa shape index (κ2) is 11.6. The maximum atomic E-state index is 13.3. The predicted molar refractivity (Wildman–Crippen MR) is 114 cm³/mol. The zero-order chi connectivity index (χ0) is 22.1. The van der Waals surface area contributed by atoms with E-state index in [2.05, 4.69) is 0 Å². The van der Waals surface area contributed by atoms with E-state index in [1.54, 1.807) is 47.4 Å². The number of hydrogen-bond donors (Lipinski definition) is 0. The highest BCUT2D eigenvalue weighted by Crippen LogP contribution is 2.25. The number of nitrogens with zero attached hydrogens (tertiary/aromatic N) is 2. The van der Waals surface area contributed by atoms with Gasteiger partial charge in [0, 0.05) is 26.1 Å². The summed E-state index contributed by atoms with van der Waals surface area (Å²) in [5.41, 5.74) is 0.809. The number of hydrogen-bond acceptors (Lipinski definition) is 4. The van der Waals surface area contributed by atoms with Crippen molar-refractivity contribution >= 4 is 11.8 Å². The van der Waals surface area contributed by atoms with Crippen LogP contribution in [-0.2, 0) is 27.4 Å². The van der Waals surface area contributed by atoms with Gasteiger partial charge in [0.1, 0.15) is 11.6 Å². The van der Waals surface area contributed by atoms with Gasteiger partial charge in [-0.3, -0.25) is 9.59 Å². The molecule has 0 bridgehead atoms. The standard InChI is InChI=1S/C24H31FN2O4/c1-30-15-13-26(24(29)20-6-3-2-4-7-20)18-23(28)27(17-22-8-5-14-31-22)16-19-9-11-21(25)12-10-19/h5,8-12,14,20H,2-4,6-7,13,15-18H2,1H3. The molecule has 0 saturated heterocycles. The molecule has 1 aliphatic rings. The summed E-state index contributed by atoms with van der Waals surface area (Å²) >= 11 is 0. The Balaban J connectivity index is 1.72. The number of carbonyl (C=O) groups excluding carboxylic acids is 2. The average Bonchev–Trinajstić information content (AvgIpc) is 3.31. The Hall–Kier alpha value is -2.67. The first-order valence-electron chi connectivity index (χ1n) is 10.9. The summed E-state index contributed by atoms with van der Waals surface area (Å²) in [5.74, 6) is 0.161. The lowest BCUT2D eigenvalue weighted by Gasteiger charge is -2.31. The average molecular weight is 431 g/mol. The highest BCUT2D eigenvalue weighted by molar-refractivity contribution is 5.86. The van der Waals surface area contributed by atoms with E-state index < -0.39 is 0 Å². The van der Waals surface area contributed by atoms with E-state index in [1.165, 1.54) is 12.1 Å². The van der Waals surface area contributed by atoms with Gasteiger partial charge in [-0.1, -0.05) is 31.4 Å². The fraction of sp³-hybridized carbons (Fsp3) is 0.500. The first-order valence-corrected chi connectivity index (χ1v) is 10.9. The molecule has 168 valence electrons. The van der Waals surface area contributed by atoms with Crippen LogP contribution in [0.1, 0.15) is 43.4 Å². The number of carbonyl (C=O) groups is 2. The number of benzene rings is 1. The summed E-state index contributed by atoms with van der Waals surface area (Å²) in [4.78, 5) is 29.7. The normalized spacial score (nSPS) is 14.4. The first kappa shape index (κ1) is 23.0. The van der Waals surface area contributed by atoms with Crippen molar-refractivity contribution in [1.82, 2.24) is 9.80 Å². The summed E-state index contributed by atoms with van der Waals surface area (Å²) < 4.78 is 23.9. The van der Waals surface area contributed by atoms with E-state index >= 15 is 0 Å². The van der Waals surface area contributed by atoms with Gasteiger partial charge >= 0.3 is 0 Å². The van der Waals surface area contributed by atoms with Crippen LogP contribution in [0.3, 0.4) is 0 Å². The molecule has 0 radical (unpaired) electrons. The number of furan rings is 1. The van der Waals surface area contributed by atoms with Crippen molar-refractivity contribution in [3.63, 3.8) is 0 Å². The fourth-order valence-electron chi connectivity index (χ4n) is 3.97. The van der Waals surface area contributed by atoms with E-state index in [-0.39, 0.29) is 36.6 Å². The number of amides is 2. The summed E-state index contributed by atoms with van der Waals surface area (Å²) in [6.45, 7) is 1.32. The molecule has 7 heteroatoms. The second-order valence-corrected chi connectivity index (χ2v) is 8.04. The van der Waals surface area contributed by atoms with Gasteiger partial charge in [-0.05, 0) is 42.7 Å². The van der Waals surface area contributed by atoms with Crippen LogP contribution in [0.4, 0.5) is 4.39 Å². The third-order valence-corrected chi connectivity index (χ3v) is 5.72. The zero-order valence-electron chi connectivity index (χ0n) is 18.1. The van der Waals surface area contributed by atoms with Crippen molar-refractivity contribution in [2.45, 2.75) is 45.2 Å². The van der Waals surface area contributed by atoms with Crippen LogP contribution in [0.5, 0.6) is 0 Å². The van der Waals surface area contributed by atoms with Gasteiger partial charge in [-0.15, -0.1) is 0 Å². The molecule has 2 amide bonds. The highest BCUT2D eigenvalue weighted by atomic mass is 19.1. The van der Waals surface area contributed by atoms with Gasteiger partial charge in [0.2, 0.25) is 11.8 Å². The molecular formula is C24H31FN2O4. The van der Waals surface area contributed by atoms with Crippen molar-refractivity contribution in [1.29, 1.82) is 0 Å². The van der Waals surface area contributed by atoms with E-state index in [0.29, 0.717) is 25.5 Å². The monoisotopic (exact) mass is 430 g/mol. The molecule has 1 aromatic carbocycles. The Morgan fingerprint density at radius 3 is 2.45 bits per heavy atom. The smallest absolute Gasteiger partial charge is 0.242 e. The fourth-order valence-corrected chi connectivity index (χ4v) is 3.97. The summed E-state index contributed by atoms with van der Waals surface area (Å²) in [6.07, 6.45) is 6.59. The molecule has 0 N–H and O–H groups in total. The van der Waals surface area contributed by atoms with E-state index in [0.717, 1.165) is 37.7 Å². The lowest BCUT2D eigenvalue weighted by molar-refractivity contribution is -0.144. The molecule has 1 fully saturated rings. The molecule has 3 rings (SSSR count). The molecule has 1 saturated carbocycles. The largest absolute Gasteiger partial charge is 0.467 e. The van der Waals surface area contributed by atoms with Crippen molar-refractivity contribution in [3.8, 4) is 0 Å². The van der Waals surface area contributed by atoms with Crippen LogP contribution < -0.4 is 0 Å². The predicted octanol–water partition coefficient (Wildman–Crippen LogP) is 4.00. The molecule has 0 atom stereocenters. The molecule has 0 aliphatic heterocycles. The Morgan fingerprint density at radius 1 is 1.06 bits per heavy atom. The van der Waals surface area contributed by atoms with E-state index in [1.807, 2.05) is 0 Å². The summed E-state index contributed by atoms with van der Waals surface area (Å²) in [7, 11) is 1.59. The third-order valence-electron chi connectivity index (χ3n) is 5.72. The van der Waals surface area contributed by atoms with Gasteiger partial charge in [-0.25, -0.2) is 4.39 Å². The quantitative estimate of drug-likeness (QED) is 0.572. The van der Waals surface area contributed by atoms with Gasteiger partial charge in [0.05, 0.1) is 26.0 Å². The van der Waals surface area contributed by atoms with Gasteiger partial charge in [0.15, 0.2) is 0 Å². The third kappa shape index (κ3) is 6.92. The van der Waals surface area contributed by atoms with Crippen molar-refractivity contribution < 1.29 is 23.1 Å². The number of rotatable bonds is 10. The Bertz CT molecular complexity index is 817. The van der Waals surface area contributed by atoms with Gasteiger partial charge in [-0.2, -0.15) is 0 Å². The number of halogens is 1. The van der Waals surface area contributed by atoms with Crippen LogP contribution in [-0.4, -0.2) is 48.4 Å². The van der Waals surface area contributed by atoms with Crippen molar-refractivity contribution in [2.24, 2.45) is 5.92 Å². The van der Waals surface area contributed by atoms with Crippen LogP contribution >= 0.6 is 0 Å². The number of ether oxygens (including phenoxy) is 1. The molecule has 1 aliphatic carbocycles. The van der Waals surface area contributed by atoms with Crippen LogP contribution in [0, 0.1) is 11.7 Å². The topological polar surface area (TPSA) is 63.0 Å². The lowest BCUT2D eigenvalue weighted by Crippen LogP contribution is -2.46. The first-order chi connectivity index (χ1) is 15.1. The van der Waals surface area contributed by atoms with Gasteiger partial charge in [0.25, 0.3) is 0 Å². The van der Waals surface area contributed by atoms with Crippen LogP contribution in [0.25, 0.3) is 0 Å². The molecule has 1 aromatic heterocycles. The Morgan fingerprint density at radius 2 is 1.81 bits per heavy atom. The molecule has 6 nitrogen and oxygen atoms in total. The second-order valence-electron chi connectivity index (χ2n) is 8.04. The van der Waals surface area contributed by atoms with Crippen molar-refractivity contribution in [3.05, 3.63) is 59.8 Å².